The fourth-order valence-corrected chi connectivity index (χ4v) is 2.97. The number of ether oxygens (including phenoxy) is 1. The molecular formula is C24H24N2O2S. The van der Waals surface area contributed by atoms with E-state index in [0.29, 0.717) is 24.5 Å². The Morgan fingerprint density at radius 2 is 1.59 bits per heavy atom. The maximum absolute atomic E-state index is 12.6. The van der Waals surface area contributed by atoms with Gasteiger partial charge in [-0.1, -0.05) is 72.3 Å². The molecule has 0 radical (unpaired) electrons. The fourth-order valence-electron chi connectivity index (χ4n) is 2.81. The van der Waals surface area contributed by atoms with Crippen LogP contribution < -0.4 is 15.4 Å². The second-order valence-corrected chi connectivity index (χ2v) is 7.11. The van der Waals surface area contributed by atoms with Crippen molar-refractivity contribution in [2.75, 3.05) is 6.61 Å². The van der Waals surface area contributed by atoms with Crippen molar-refractivity contribution in [1.29, 1.82) is 0 Å². The summed E-state index contributed by atoms with van der Waals surface area (Å²) in [5.74, 6) is 0.254. The zero-order valence-electron chi connectivity index (χ0n) is 16.4. The minimum absolute atomic E-state index is 0.287. The Kier molecular flexibility index (Phi) is 7.36. The molecule has 1 amide bonds. The molecule has 0 spiro atoms. The Morgan fingerprint density at radius 1 is 0.897 bits per heavy atom. The van der Waals surface area contributed by atoms with Gasteiger partial charge in [0.25, 0.3) is 5.91 Å². The molecule has 0 aliphatic rings. The van der Waals surface area contributed by atoms with Crippen LogP contribution in [0.15, 0.2) is 78.9 Å². The lowest BCUT2D eigenvalue weighted by molar-refractivity contribution is 0.0972. The first-order valence-corrected chi connectivity index (χ1v) is 9.93. The van der Waals surface area contributed by atoms with Crippen LogP contribution in [0, 0.1) is 6.92 Å². The fraction of sp³-hybridized carbons (Fsp3) is 0.167. The molecule has 0 bridgehead atoms. The number of carbonyl (C=O) groups is 1. The third-order valence-electron chi connectivity index (χ3n) is 4.42. The molecule has 0 aromatic heterocycles. The first kappa shape index (κ1) is 20.6. The third-order valence-corrected chi connectivity index (χ3v) is 4.67. The molecular weight excluding hydrogens is 380 g/mol. The van der Waals surface area contributed by atoms with Crippen molar-refractivity contribution in [3.8, 4) is 5.75 Å². The highest BCUT2D eigenvalue weighted by Crippen LogP contribution is 2.18. The highest BCUT2D eigenvalue weighted by atomic mass is 32.1. The summed E-state index contributed by atoms with van der Waals surface area (Å²) in [4.78, 5) is 12.6. The van der Waals surface area contributed by atoms with E-state index in [1.807, 2.05) is 61.5 Å². The molecule has 0 fully saturated rings. The molecule has 3 aromatic rings. The maximum Gasteiger partial charge on any atom is 0.261 e. The number of thiocarbonyl (C=S) groups is 1. The summed E-state index contributed by atoms with van der Waals surface area (Å²) in [5, 5.41) is 6.08. The van der Waals surface area contributed by atoms with Crippen LogP contribution in [0.2, 0.25) is 0 Å². The monoisotopic (exact) mass is 404 g/mol. The number of aryl methyl sites for hydroxylation is 1. The molecule has 29 heavy (non-hydrogen) atoms. The van der Waals surface area contributed by atoms with E-state index in [1.54, 1.807) is 12.1 Å². The molecule has 3 aromatic carbocycles. The van der Waals surface area contributed by atoms with Gasteiger partial charge in [-0.3, -0.25) is 10.1 Å². The first-order valence-electron chi connectivity index (χ1n) is 9.52. The number of carbonyl (C=O) groups excluding carboxylic acids is 1. The topological polar surface area (TPSA) is 50.4 Å². The predicted molar refractivity (Wildman–Crippen MR) is 120 cm³/mol. The van der Waals surface area contributed by atoms with Crippen molar-refractivity contribution < 1.29 is 9.53 Å². The van der Waals surface area contributed by atoms with Gasteiger partial charge in [0.05, 0.1) is 12.2 Å². The molecule has 3 rings (SSSR count). The van der Waals surface area contributed by atoms with E-state index < -0.39 is 0 Å². The minimum atomic E-state index is -0.290. The van der Waals surface area contributed by atoms with Crippen molar-refractivity contribution in [2.45, 2.75) is 19.9 Å². The maximum atomic E-state index is 12.6. The van der Waals surface area contributed by atoms with Gasteiger partial charge in [-0.25, -0.2) is 0 Å². The van der Waals surface area contributed by atoms with Crippen LogP contribution in [0.5, 0.6) is 5.75 Å². The Balaban J connectivity index is 1.53. The lowest BCUT2D eigenvalue weighted by Crippen LogP contribution is -2.39. The van der Waals surface area contributed by atoms with Gasteiger partial charge < -0.3 is 10.1 Å². The summed E-state index contributed by atoms with van der Waals surface area (Å²) in [6.07, 6.45) is 0.771. The van der Waals surface area contributed by atoms with E-state index in [-0.39, 0.29) is 11.0 Å². The van der Waals surface area contributed by atoms with E-state index in [9.17, 15) is 4.79 Å². The number of benzene rings is 3. The van der Waals surface area contributed by atoms with Gasteiger partial charge in [-0.05, 0) is 42.4 Å². The summed E-state index contributed by atoms with van der Waals surface area (Å²) in [6.45, 7) is 3.08. The van der Waals surface area contributed by atoms with Gasteiger partial charge in [0.15, 0.2) is 5.11 Å². The molecule has 0 heterocycles. The smallest absolute Gasteiger partial charge is 0.261 e. The lowest BCUT2D eigenvalue weighted by Gasteiger charge is -2.13. The summed E-state index contributed by atoms with van der Waals surface area (Å²) >= 11 is 5.27. The lowest BCUT2D eigenvalue weighted by atomic mass is 10.1. The van der Waals surface area contributed by atoms with Gasteiger partial charge in [-0.2, -0.15) is 0 Å². The van der Waals surface area contributed by atoms with Gasteiger partial charge >= 0.3 is 0 Å². The van der Waals surface area contributed by atoms with Crippen molar-refractivity contribution in [3.63, 3.8) is 0 Å². The minimum Gasteiger partial charge on any atom is -0.492 e. The van der Waals surface area contributed by atoms with Crippen LogP contribution in [-0.2, 0) is 13.0 Å². The molecule has 0 saturated heterocycles. The van der Waals surface area contributed by atoms with E-state index in [2.05, 4.69) is 22.8 Å². The Bertz CT molecular complexity index is 956. The first-order chi connectivity index (χ1) is 14.1. The van der Waals surface area contributed by atoms with Crippen molar-refractivity contribution >= 4 is 23.2 Å². The number of amides is 1. The van der Waals surface area contributed by atoms with E-state index in [4.69, 9.17) is 17.0 Å². The number of hydrogen-bond donors (Lipinski definition) is 2. The van der Waals surface area contributed by atoms with E-state index >= 15 is 0 Å². The summed E-state index contributed by atoms with van der Waals surface area (Å²) in [6, 6.07) is 25.4. The van der Waals surface area contributed by atoms with Crippen molar-refractivity contribution in [2.24, 2.45) is 0 Å². The molecule has 0 atom stereocenters. The summed E-state index contributed by atoms with van der Waals surface area (Å²) < 4.78 is 5.86. The standard InChI is InChI=1S/C24H24N2O2S/c1-18-11-13-20(14-12-18)17-25-24(29)26-23(27)21-9-5-6-10-22(21)28-16-15-19-7-3-2-4-8-19/h2-14H,15-17H2,1H3,(H2,25,26,27,29). The van der Waals surface area contributed by atoms with Crippen LogP contribution in [0.25, 0.3) is 0 Å². The Labute approximate surface area is 176 Å². The van der Waals surface area contributed by atoms with Crippen LogP contribution in [0.4, 0.5) is 0 Å². The SMILES string of the molecule is Cc1ccc(CNC(=S)NC(=O)c2ccccc2OCCc2ccccc2)cc1. The normalized spacial score (nSPS) is 10.2. The largest absolute Gasteiger partial charge is 0.492 e. The molecule has 0 aliphatic carbocycles. The van der Waals surface area contributed by atoms with E-state index in [0.717, 1.165) is 12.0 Å². The average Bonchev–Trinajstić information content (AvgIpc) is 2.74. The quantitative estimate of drug-likeness (QED) is 0.573. The molecule has 0 saturated carbocycles. The van der Waals surface area contributed by atoms with Crippen molar-refractivity contribution in [1.82, 2.24) is 10.6 Å². The Morgan fingerprint density at radius 3 is 2.34 bits per heavy atom. The molecule has 0 aliphatic heterocycles. The second kappa shape index (κ2) is 10.4. The number of para-hydroxylation sites is 1. The predicted octanol–water partition coefficient (Wildman–Crippen LogP) is 4.42. The number of nitrogens with one attached hydrogen (secondary N) is 2. The molecule has 5 heteroatoms. The Hall–Kier alpha value is -3.18. The van der Waals surface area contributed by atoms with Gasteiger partial charge in [-0.15, -0.1) is 0 Å². The number of rotatable bonds is 7. The molecule has 2 N–H and O–H groups in total. The van der Waals surface area contributed by atoms with Crippen LogP contribution in [-0.4, -0.2) is 17.6 Å². The molecule has 0 unspecified atom stereocenters. The van der Waals surface area contributed by atoms with Crippen LogP contribution in [0.3, 0.4) is 0 Å². The van der Waals surface area contributed by atoms with Crippen LogP contribution in [0.1, 0.15) is 27.0 Å². The second-order valence-electron chi connectivity index (χ2n) is 6.70. The zero-order valence-corrected chi connectivity index (χ0v) is 17.2. The zero-order chi connectivity index (χ0) is 20.5. The average molecular weight is 405 g/mol. The highest BCUT2D eigenvalue weighted by molar-refractivity contribution is 7.80. The van der Waals surface area contributed by atoms with Gasteiger partial charge in [0.1, 0.15) is 5.75 Å². The number of hydrogen-bond acceptors (Lipinski definition) is 3. The van der Waals surface area contributed by atoms with Crippen molar-refractivity contribution in [3.05, 3.63) is 101 Å². The van der Waals surface area contributed by atoms with Gasteiger partial charge in [0, 0.05) is 13.0 Å². The third kappa shape index (κ3) is 6.43. The molecule has 148 valence electrons. The molecule has 4 nitrogen and oxygen atoms in total. The van der Waals surface area contributed by atoms with Gasteiger partial charge in [0.2, 0.25) is 0 Å². The summed E-state index contributed by atoms with van der Waals surface area (Å²) in [7, 11) is 0. The van der Waals surface area contributed by atoms with E-state index in [1.165, 1.54) is 11.1 Å². The summed E-state index contributed by atoms with van der Waals surface area (Å²) in [5.41, 5.74) is 3.95. The highest BCUT2D eigenvalue weighted by Gasteiger charge is 2.13. The van der Waals surface area contributed by atoms with Crippen LogP contribution >= 0.6 is 12.2 Å².